The molecule has 0 bridgehead atoms. The third-order valence-electron chi connectivity index (χ3n) is 4.32. The number of rotatable bonds is 5. The van der Waals surface area contributed by atoms with Gasteiger partial charge in [0.1, 0.15) is 16.4 Å². The number of aromatic amines is 1. The molecule has 9 heteroatoms. The number of benzene rings is 1. The second-order valence-corrected chi connectivity index (χ2v) is 8.11. The standard InChI is InChI=1S/C20H15FN4O3S/c1-12-7-15-17(11-24-20(15)23-9-12)19(26)16-8-13(4-5-18(16)21)25-29(27,28)14-3-2-6-22-10-14/h2-11,25H,1H3,(H,23,24). The van der Waals surface area contributed by atoms with Crippen LogP contribution in [0.5, 0.6) is 0 Å². The Morgan fingerprint density at radius 3 is 2.72 bits per heavy atom. The molecule has 29 heavy (non-hydrogen) atoms. The highest BCUT2D eigenvalue weighted by molar-refractivity contribution is 7.92. The van der Waals surface area contributed by atoms with E-state index in [4.69, 9.17) is 0 Å². The highest BCUT2D eigenvalue weighted by Gasteiger charge is 2.21. The van der Waals surface area contributed by atoms with Gasteiger partial charge in [-0.25, -0.2) is 17.8 Å². The highest BCUT2D eigenvalue weighted by atomic mass is 32.2. The largest absolute Gasteiger partial charge is 0.345 e. The number of H-pyrrole nitrogens is 1. The van der Waals surface area contributed by atoms with Crippen LogP contribution in [0.1, 0.15) is 21.5 Å². The first-order valence-electron chi connectivity index (χ1n) is 8.56. The van der Waals surface area contributed by atoms with Gasteiger partial charge >= 0.3 is 0 Å². The number of halogens is 1. The fraction of sp³-hybridized carbons (Fsp3) is 0.0500. The number of hydrogen-bond acceptors (Lipinski definition) is 5. The summed E-state index contributed by atoms with van der Waals surface area (Å²) in [4.78, 5) is 23.8. The maximum atomic E-state index is 14.4. The lowest BCUT2D eigenvalue weighted by Gasteiger charge is -2.10. The van der Waals surface area contributed by atoms with Gasteiger partial charge in [-0.1, -0.05) is 0 Å². The summed E-state index contributed by atoms with van der Waals surface area (Å²) in [6.45, 7) is 1.84. The third-order valence-corrected chi connectivity index (χ3v) is 5.69. The van der Waals surface area contributed by atoms with E-state index < -0.39 is 21.6 Å². The van der Waals surface area contributed by atoms with Gasteiger partial charge in [-0.2, -0.15) is 0 Å². The van der Waals surface area contributed by atoms with E-state index in [0.29, 0.717) is 11.0 Å². The molecule has 0 saturated heterocycles. The van der Waals surface area contributed by atoms with Crippen LogP contribution in [-0.4, -0.2) is 29.2 Å². The predicted molar refractivity (Wildman–Crippen MR) is 106 cm³/mol. The lowest BCUT2D eigenvalue weighted by molar-refractivity contribution is 0.103. The van der Waals surface area contributed by atoms with Crippen molar-refractivity contribution in [2.24, 2.45) is 0 Å². The van der Waals surface area contributed by atoms with Crippen molar-refractivity contribution in [1.29, 1.82) is 0 Å². The molecule has 3 aromatic heterocycles. The number of fused-ring (bicyclic) bond motifs is 1. The van der Waals surface area contributed by atoms with Crippen LogP contribution in [0.4, 0.5) is 10.1 Å². The zero-order chi connectivity index (χ0) is 20.6. The summed E-state index contributed by atoms with van der Waals surface area (Å²) in [6, 6.07) is 8.12. The summed E-state index contributed by atoms with van der Waals surface area (Å²) in [5.74, 6) is -1.34. The number of nitrogens with zero attached hydrogens (tertiary/aromatic N) is 2. The van der Waals surface area contributed by atoms with Crippen molar-refractivity contribution in [1.82, 2.24) is 15.0 Å². The van der Waals surface area contributed by atoms with E-state index in [1.807, 2.05) is 6.92 Å². The Bertz CT molecular complexity index is 1330. The van der Waals surface area contributed by atoms with Gasteiger partial charge in [-0.05, 0) is 48.9 Å². The lowest BCUT2D eigenvalue weighted by atomic mass is 10.0. The Morgan fingerprint density at radius 2 is 1.97 bits per heavy atom. The van der Waals surface area contributed by atoms with E-state index in [9.17, 15) is 17.6 Å². The fourth-order valence-electron chi connectivity index (χ4n) is 2.92. The molecule has 0 atom stereocenters. The van der Waals surface area contributed by atoms with Crippen molar-refractivity contribution in [3.63, 3.8) is 0 Å². The minimum atomic E-state index is -3.93. The average Bonchev–Trinajstić information content (AvgIpc) is 3.12. The van der Waals surface area contributed by atoms with E-state index in [1.165, 1.54) is 42.9 Å². The summed E-state index contributed by atoms with van der Waals surface area (Å²) < 4.78 is 41.7. The van der Waals surface area contributed by atoms with Crippen LogP contribution >= 0.6 is 0 Å². The van der Waals surface area contributed by atoms with Gasteiger partial charge in [0.05, 0.1) is 5.56 Å². The number of ketones is 1. The lowest BCUT2D eigenvalue weighted by Crippen LogP contribution is -2.14. The molecule has 3 heterocycles. The highest BCUT2D eigenvalue weighted by Crippen LogP contribution is 2.25. The number of carbonyl (C=O) groups is 1. The minimum absolute atomic E-state index is 0.0459. The molecule has 4 rings (SSSR count). The van der Waals surface area contributed by atoms with Gasteiger partial charge in [0.15, 0.2) is 5.78 Å². The second-order valence-electron chi connectivity index (χ2n) is 6.43. The quantitative estimate of drug-likeness (QED) is 0.491. The summed E-state index contributed by atoms with van der Waals surface area (Å²) in [5, 5.41) is 0.566. The van der Waals surface area contributed by atoms with E-state index in [-0.39, 0.29) is 21.7 Å². The molecule has 2 N–H and O–H groups in total. The van der Waals surface area contributed by atoms with Crippen LogP contribution in [0, 0.1) is 12.7 Å². The van der Waals surface area contributed by atoms with Crippen molar-refractivity contribution in [2.75, 3.05) is 4.72 Å². The van der Waals surface area contributed by atoms with Gasteiger partial charge in [0, 0.05) is 41.4 Å². The average molecular weight is 410 g/mol. The Balaban J connectivity index is 1.72. The summed E-state index contributed by atoms with van der Waals surface area (Å²) in [5.41, 5.74) is 1.42. The van der Waals surface area contributed by atoms with Crippen LogP contribution in [0.3, 0.4) is 0 Å². The number of anilines is 1. The topological polar surface area (TPSA) is 105 Å². The number of sulfonamides is 1. The fourth-order valence-corrected chi connectivity index (χ4v) is 3.94. The van der Waals surface area contributed by atoms with Gasteiger partial charge < -0.3 is 4.98 Å². The number of pyridine rings is 2. The number of nitrogens with one attached hydrogen (secondary N) is 2. The Kier molecular flexibility index (Phi) is 4.59. The first-order valence-corrected chi connectivity index (χ1v) is 10.0. The summed E-state index contributed by atoms with van der Waals surface area (Å²) >= 11 is 0. The Morgan fingerprint density at radius 1 is 1.14 bits per heavy atom. The van der Waals surface area contributed by atoms with E-state index >= 15 is 0 Å². The third kappa shape index (κ3) is 3.59. The molecule has 0 aliphatic carbocycles. The van der Waals surface area contributed by atoms with Crippen LogP contribution in [0.25, 0.3) is 11.0 Å². The first kappa shape index (κ1) is 18.8. The van der Waals surface area contributed by atoms with Gasteiger partial charge in [0.25, 0.3) is 10.0 Å². The van der Waals surface area contributed by atoms with Crippen molar-refractivity contribution < 1.29 is 17.6 Å². The molecule has 0 unspecified atom stereocenters. The van der Waals surface area contributed by atoms with Gasteiger partial charge in [-0.3, -0.25) is 14.5 Å². The second kappa shape index (κ2) is 7.10. The van der Waals surface area contributed by atoms with Crippen LogP contribution in [-0.2, 0) is 10.0 Å². The van der Waals surface area contributed by atoms with Crippen LogP contribution in [0.15, 0.2) is 66.1 Å². The molecule has 0 saturated carbocycles. The molecule has 146 valence electrons. The number of carbonyl (C=O) groups excluding carboxylic acids is 1. The molecule has 4 aromatic rings. The monoisotopic (exact) mass is 410 g/mol. The molecule has 0 amide bonds. The molecular formula is C20H15FN4O3S. The van der Waals surface area contributed by atoms with Crippen LogP contribution in [0.2, 0.25) is 0 Å². The van der Waals surface area contributed by atoms with Crippen molar-refractivity contribution in [2.45, 2.75) is 11.8 Å². The van der Waals surface area contributed by atoms with E-state index in [1.54, 1.807) is 12.3 Å². The number of aromatic nitrogens is 3. The SMILES string of the molecule is Cc1cnc2[nH]cc(C(=O)c3cc(NS(=O)(=O)c4cccnc4)ccc3F)c2c1. The molecule has 0 aliphatic heterocycles. The predicted octanol–water partition coefficient (Wildman–Crippen LogP) is 3.44. The van der Waals surface area contributed by atoms with Crippen LogP contribution < -0.4 is 4.72 Å². The maximum absolute atomic E-state index is 14.4. The smallest absolute Gasteiger partial charge is 0.263 e. The minimum Gasteiger partial charge on any atom is -0.345 e. The van der Waals surface area contributed by atoms with E-state index in [0.717, 1.165) is 11.6 Å². The van der Waals surface area contributed by atoms with Gasteiger partial charge in [-0.15, -0.1) is 0 Å². The zero-order valence-corrected chi connectivity index (χ0v) is 16.0. The number of aryl methyl sites for hydroxylation is 1. The molecule has 0 aliphatic rings. The summed E-state index contributed by atoms with van der Waals surface area (Å²) in [7, 11) is -3.93. The van der Waals surface area contributed by atoms with Crippen molar-refractivity contribution in [3.05, 3.63) is 83.7 Å². The Labute approximate surface area is 165 Å². The van der Waals surface area contributed by atoms with Crippen molar-refractivity contribution >= 4 is 32.5 Å². The zero-order valence-electron chi connectivity index (χ0n) is 15.2. The molecule has 1 aromatic carbocycles. The normalized spacial score (nSPS) is 11.5. The van der Waals surface area contributed by atoms with Gasteiger partial charge in [0.2, 0.25) is 0 Å². The molecular weight excluding hydrogens is 395 g/mol. The molecule has 0 spiro atoms. The number of hydrogen-bond donors (Lipinski definition) is 2. The maximum Gasteiger partial charge on any atom is 0.263 e. The molecule has 0 fully saturated rings. The summed E-state index contributed by atoms with van der Waals surface area (Å²) in [6.07, 6.45) is 5.76. The molecule has 7 nitrogen and oxygen atoms in total. The molecule has 0 radical (unpaired) electrons. The van der Waals surface area contributed by atoms with E-state index in [2.05, 4.69) is 19.7 Å². The first-order chi connectivity index (χ1) is 13.8. The van der Waals surface area contributed by atoms with Crippen molar-refractivity contribution in [3.8, 4) is 0 Å². The Hall–Kier alpha value is -3.59.